The van der Waals surface area contributed by atoms with Gasteiger partial charge in [-0.1, -0.05) is 75.7 Å². The summed E-state index contributed by atoms with van der Waals surface area (Å²) in [6.07, 6.45) is 7.67. The molecule has 0 N–H and O–H groups in total. The quantitative estimate of drug-likeness (QED) is 0.392. The molecule has 0 nitrogen and oxygen atoms in total. The zero-order valence-corrected chi connectivity index (χ0v) is 24.0. The fourth-order valence-corrected chi connectivity index (χ4v) is 9.99. The summed E-state index contributed by atoms with van der Waals surface area (Å²) in [5, 5.41) is 0. The predicted molar refractivity (Wildman–Crippen MR) is 149 cm³/mol. The van der Waals surface area contributed by atoms with Crippen molar-refractivity contribution in [3.63, 3.8) is 0 Å². The molecule has 0 bridgehead atoms. The van der Waals surface area contributed by atoms with E-state index in [2.05, 4.69) is 103 Å². The van der Waals surface area contributed by atoms with Gasteiger partial charge in [-0.2, -0.15) is 0 Å². The van der Waals surface area contributed by atoms with Crippen LogP contribution in [-0.2, 0) is 0 Å². The molecule has 2 aromatic carbocycles. The van der Waals surface area contributed by atoms with Crippen LogP contribution in [0.15, 0.2) is 36.4 Å². The minimum atomic E-state index is -1.33. The fourth-order valence-electron chi connectivity index (χ4n) is 6.11. The van der Waals surface area contributed by atoms with Crippen LogP contribution in [0.2, 0.25) is 39.3 Å². The van der Waals surface area contributed by atoms with Crippen LogP contribution < -0.4 is 0 Å². The molecule has 0 saturated carbocycles. The molecule has 170 valence electrons. The zero-order valence-electron chi connectivity index (χ0n) is 22.0. The zero-order chi connectivity index (χ0) is 23.6. The van der Waals surface area contributed by atoms with Crippen LogP contribution in [0.5, 0.6) is 0 Å². The van der Waals surface area contributed by atoms with Gasteiger partial charge >= 0.3 is 0 Å². The summed E-state index contributed by atoms with van der Waals surface area (Å²) in [6, 6.07) is 9.37. The lowest BCUT2D eigenvalue weighted by atomic mass is 9.90. The fraction of sp³-hybridized carbons (Fsp3) is 0.467. The van der Waals surface area contributed by atoms with E-state index in [1.807, 2.05) is 0 Å². The van der Waals surface area contributed by atoms with Gasteiger partial charge in [-0.05, 0) is 107 Å². The normalized spacial score (nSPS) is 20.2. The molecule has 2 heteroatoms. The minimum absolute atomic E-state index is 0.649. The molecular formula is C30H42Si2. The maximum absolute atomic E-state index is 2.67. The summed E-state index contributed by atoms with van der Waals surface area (Å²) in [7, 11) is -2.65. The lowest BCUT2D eigenvalue weighted by molar-refractivity contribution is 1.08. The Morgan fingerprint density at radius 3 is 1.16 bits per heavy atom. The molecule has 0 aliphatic heterocycles. The Hall–Kier alpha value is -1.65. The van der Waals surface area contributed by atoms with Crippen LogP contribution in [-0.4, -0.2) is 16.1 Å². The number of allylic oxidation sites excluding steroid dienone is 4. The molecular weight excluding hydrogens is 417 g/mol. The van der Waals surface area contributed by atoms with Crippen molar-refractivity contribution >= 4 is 27.3 Å². The van der Waals surface area contributed by atoms with E-state index in [0.717, 1.165) is 12.8 Å². The molecule has 0 amide bonds. The van der Waals surface area contributed by atoms with Crippen molar-refractivity contribution in [3.8, 4) is 0 Å². The molecule has 32 heavy (non-hydrogen) atoms. The third-order valence-electron chi connectivity index (χ3n) is 7.87. The minimum Gasteiger partial charge on any atom is -0.0759 e. The summed E-state index contributed by atoms with van der Waals surface area (Å²) >= 11 is 0. The second-order valence-electron chi connectivity index (χ2n) is 12.5. The van der Waals surface area contributed by atoms with Gasteiger partial charge in [0, 0.05) is 0 Å². The monoisotopic (exact) mass is 458 g/mol. The topological polar surface area (TPSA) is 0 Å². The lowest BCUT2D eigenvalue weighted by Gasteiger charge is -2.26. The Labute approximate surface area is 198 Å². The second kappa shape index (κ2) is 7.99. The highest BCUT2D eigenvalue weighted by Gasteiger charge is 2.37. The molecule has 0 heterocycles. The molecule has 0 unspecified atom stereocenters. The Bertz CT molecular complexity index is 1040. The van der Waals surface area contributed by atoms with Crippen molar-refractivity contribution in [2.75, 3.05) is 0 Å². The molecule has 2 aromatic rings. The molecule has 0 spiro atoms. The van der Waals surface area contributed by atoms with Crippen LogP contribution in [0.25, 0.3) is 11.1 Å². The predicted octanol–water partition coefficient (Wildman–Crippen LogP) is 9.12. The van der Waals surface area contributed by atoms with Crippen molar-refractivity contribution in [2.24, 2.45) is 0 Å². The van der Waals surface area contributed by atoms with E-state index in [0.29, 0.717) is 11.1 Å². The molecule has 0 radical (unpaired) electrons. The van der Waals surface area contributed by atoms with E-state index in [1.54, 1.807) is 33.4 Å². The Balaban J connectivity index is 1.73. The summed E-state index contributed by atoms with van der Waals surface area (Å²) < 4.78 is 0. The van der Waals surface area contributed by atoms with Gasteiger partial charge in [0.1, 0.15) is 0 Å². The standard InChI is InChI=1S/C30H42Si2/c1-19-11-13-21(3)29-25(31(5,6)7)17-23(27(19)29)15-16-24-18-26(32(8,9)10)30-22(4)14-12-20(2)28(24)30/h11-14,17-18,25-26H,15-16H2,1-10H3/t25-,26-/m1/s1. The SMILES string of the molecule is Cc1ccc(C)c2c1C(CCC1=C[C@@H]([Si](C)(C)C)c3c(C)ccc(C)c31)=C[C@H]2[Si](C)(C)C. The Morgan fingerprint density at radius 1 is 0.531 bits per heavy atom. The third-order valence-corrected chi connectivity index (χ3v) is 12.5. The number of rotatable bonds is 5. The molecule has 0 fully saturated rings. The molecule has 0 saturated heterocycles. The largest absolute Gasteiger partial charge is 0.0759 e. The van der Waals surface area contributed by atoms with Gasteiger partial charge in [-0.25, -0.2) is 0 Å². The highest BCUT2D eigenvalue weighted by atomic mass is 28.3. The van der Waals surface area contributed by atoms with Crippen LogP contribution >= 0.6 is 0 Å². The summed E-state index contributed by atoms with van der Waals surface area (Å²) in [4.78, 5) is 0. The molecule has 2 aliphatic rings. The van der Waals surface area contributed by atoms with Crippen LogP contribution in [0.4, 0.5) is 0 Å². The number of benzene rings is 2. The third kappa shape index (κ3) is 3.94. The number of fused-ring (bicyclic) bond motifs is 2. The first-order valence-corrected chi connectivity index (χ1v) is 19.6. The van der Waals surface area contributed by atoms with E-state index in [1.165, 1.54) is 22.3 Å². The number of hydrogen-bond donors (Lipinski definition) is 0. The van der Waals surface area contributed by atoms with Crippen LogP contribution in [0, 0.1) is 27.7 Å². The van der Waals surface area contributed by atoms with E-state index in [9.17, 15) is 0 Å². The van der Waals surface area contributed by atoms with Crippen molar-refractivity contribution < 1.29 is 0 Å². The van der Waals surface area contributed by atoms with Gasteiger partial charge in [0.05, 0.1) is 16.1 Å². The van der Waals surface area contributed by atoms with Gasteiger partial charge in [-0.3, -0.25) is 0 Å². The van der Waals surface area contributed by atoms with Crippen molar-refractivity contribution in [1.82, 2.24) is 0 Å². The second-order valence-corrected chi connectivity index (χ2v) is 23.3. The smallest absolute Gasteiger partial charge is 0.0566 e. The number of hydrogen-bond acceptors (Lipinski definition) is 0. The summed E-state index contributed by atoms with van der Waals surface area (Å²) in [5.74, 6) is 0. The molecule has 2 atom stereocenters. The van der Waals surface area contributed by atoms with E-state index < -0.39 is 16.1 Å². The van der Waals surface area contributed by atoms with Crippen molar-refractivity contribution in [1.29, 1.82) is 0 Å². The van der Waals surface area contributed by atoms with Gasteiger partial charge in [0.2, 0.25) is 0 Å². The van der Waals surface area contributed by atoms with Gasteiger partial charge in [-0.15, -0.1) is 0 Å². The molecule has 4 rings (SSSR count). The van der Waals surface area contributed by atoms with E-state index >= 15 is 0 Å². The average molecular weight is 459 g/mol. The van der Waals surface area contributed by atoms with Crippen LogP contribution in [0.3, 0.4) is 0 Å². The first kappa shape index (κ1) is 23.5. The van der Waals surface area contributed by atoms with E-state index in [4.69, 9.17) is 0 Å². The first-order valence-electron chi connectivity index (χ1n) is 12.4. The maximum atomic E-state index is 2.67. The van der Waals surface area contributed by atoms with E-state index in [-0.39, 0.29) is 0 Å². The molecule has 2 aliphatic carbocycles. The Morgan fingerprint density at radius 2 is 0.844 bits per heavy atom. The van der Waals surface area contributed by atoms with Crippen molar-refractivity contribution in [3.05, 3.63) is 80.9 Å². The first-order chi connectivity index (χ1) is 14.8. The maximum Gasteiger partial charge on any atom is 0.0566 e. The summed E-state index contributed by atoms with van der Waals surface area (Å²) in [6.45, 7) is 24.5. The lowest BCUT2D eigenvalue weighted by Crippen LogP contribution is -2.29. The summed E-state index contributed by atoms with van der Waals surface area (Å²) in [5.41, 5.74) is 16.9. The Kier molecular flexibility index (Phi) is 5.87. The highest BCUT2D eigenvalue weighted by Crippen LogP contribution is 2.49. The highest BCUT2D eigenvalue weighted by molar-refractivity contribution is 6.78. The van der Waals surface area contributed by atoms with Crippen molar-refractivity contribution in [2.45, 2.75) is 90.9 Å². The molecule has 0 aromatic heterocycles. The average Bonchev–Trinajstić information content (AvgIpc) is 3.26. The number of aryl methyl sites for hydroxylation is 4. The van der Waals surface area contributed by atoms with Gasteiger partial charge in [0.15, 0.2) is 0 Å². The van der Waals surface area contributed by atoms with Crippen LogP contribution in [0.1, 0.15) is 68.4 Å². The van der Waals surface area contributed by atoms with Gasteiger partial charge < -0.3 is 0 Å². The van der Waals surface area contributed by atoms with Gasteiger partial charge in [0.25, 0.3) is 0 Å².